The molecular weight excluding hydrogens is 308 g/mol. The molecule has 2 saturated heterocycles. The van der Waals surface area contributed by atoms with Crippen LogP contribution in [0.5, 0.6) is 0 Å². The highest BCUT2D eigenvalue weighted by Gasteiger charge is 2.47. The fourth-order valence-electron chi connectivity index (χ4n) is 1.82. The summed E-state index contributed by atoms with van der Waals surface area (Å²) in [4.78, 5) is 0. The van der Waals surface area contributed by atoms with Crippen LogP contribution in [0.4, 0.5) is 0 Å². The van der Waals surface area contributed by atoms with Crippen LogP contribution in [0.1, 0.15) is 0 Å². The largest absolute Gasteiger partial charge is 0.391 e. The van der Waals surface area contributed by atoms with Crippen molar-refractivity contribution in [3.63, 3.8) is 0 Å². The molecule has 11 heteroatoms. The van der Waals surface area contributed by atoms with E-state index >= 15 is 0 Å². The van der Waals surface area contributed by atoms with Crippen LogP contribution in [0.25, 0.3) is 0 Å². The smallest absolute Gasteiger partial charge is 0.218 e. The summed E-state index contributed by atoms with van der Waals surface area (Å²) in [6, 6.07) is 0. The normalized spacial score (nSPS) is 49.2. The van der Waals surface area contributed by atoms with E-state index in [4.69, 9.17) is 40.9 Å². The van der Waals surface area contributed by atoms with Crippen molar-refractivity contribution in [1.82, 2.24) is 0 Å². The molecule has 0 radical (unpaired) electrons. The van der Waals surface area contributed by atoms with Crippen LogP contribution in [0.2, 0.25) is 0 Å². The first-order valence-corrected chi connectivity index (χ1v) is 6.49. The van der Waals surface area contributed by atoms with E-state index in [-0.39, 0.29) is 13.2 Å². The number of aliphatic hydroxyl groups is 9. The molecule has 0 spiro atoms. The van der Waals surface area contributed by atoms with Crippen LogP contribution in [0.15, 0.2) is 0 Å². The summed E-state index contributed by atoms with van der Waals surface area (Å²) < 4.78 is 9.02. The molecule has 2 aliphatic heterocycles. The van der Waals surface area contributed by atoms with Gasteiger partial charge in [0, 0.05) is 0 Å². The molecule has 132 valence electrons. The maximum atomic E-state index is 9.24. The van der Waals surface area contributed by atoms with E-state index in [2.05, 4.69) is 9.47 Å². The summed E-state index contributed by atoms with van der Waals surface area (Å²) in [5, 5.41) is 80.2. The van der Waals surface area contributed by atoms with Gasteiger partial charge in [0.2, 0.25) is 5.79 Å². The summed E-state index contributed by atoms with van der Waals surface area (Å²) >= 11 is 0. The van der Waals surface area contributed by atoms with Gasteiger partial charge in [0.05, 0.1) is 19.8 Å². The zero-order valence-corrected chi connectivity index (χ0v) is 11.5. The van der Waals surface area contributed by atoms with E-state index in [1.54, 1.807) is 0 Å². The number of hydrogen-bond acceptors (Lipinski definition) is 11. The molecular formula is C11H22O11. The fourth-order valence-corrected chi connectivity index (χ4v) is 1.82. The predicted molar refractivity (Wildman–Crippen MR) is 66.0 cm³/mol. The van der Waals surface area contributed by atoms with Gasteiger partial charge in [0.25, 0.3) is 0 Å². The second-order valence-electron chi connectivity index (χ2n) is 5.09. The monoisotopic (exact) mass is 330 g/mol. The Morgan fingerprint density at radius 3 is 1.86 bits per heavy atom. The highest BCUT2D eigenvalue weighted by molar-refractivity contribution is 4.90. The molecule has 2 rings (SSSR count). The first-order valence-electron chi connectivity index (χ1n) is 6.49. The summed E-state index contributed by atoms with van der Waals surface area (Å²) in [5.74, 6) is -2.17. The maximum Gasteiger partial charge on any atom is 0.218 e. The van der Waals surface area contributed by atoms with Crippen LogP contribution in [0, 0.1) is 0 Å². The van der Waals surface area contributed by atoms with Gasteiger partial charge in [-0.3, -0.25) is 0 Å². The Balaban J connectivity index is 0.000000224. The van der Waals surface area contributed by atoms with Crippen LogP contribution in [-0.2, 0) is 9.47 Å². The van der Waals surface area contributed by atoms with Crippen LogP contribution < -0.4 is 0 Å². The molecule has 22 heavy (non-hydrogen) atoms. The van der Waals surface area contributed by atoms with E-state index < -0.39 is 55.3 Å². The quantitative estimate of drug-likeness (QED) is 0.222. The van der Waals surface area contributed by atoms with Crippen molar-refractivity contribution >= 4 is 0 Å². The molecule has 1 unspecified atom stereocenters. The van der Waals surface area contributed by atoms with Crippen molar-refractivity contribution in [2.75, 3.05) is 19.8 Å². The van der Waals surface area contributed by atoms with Gasteiger partial charge in [-0.1, -0.05) is 0 Å². The van der Waals surface area contributed by atoms with Crippen molar-refractivity contribution < 1.29 is 55.4 Å². The second kappa shape index (κ2) is 7.90. The minimum absolute atomic E-state index is 0.153. The average molecular weight is 330 g/mol. The average Bonchev–Trinajstić information content (AvgIpc) is 2.51. The molecule has 0 aliphatic carbocycles. The lowest BCUT2D eigenvalue weighted by Gasteiger charge is -2.40. The summed E-state index contributed by atoms with van der Waals surface area (Å²) in [6.45, 7) is -1.31. The Bertz CT molecular complexity index is 328. The molecule has 9 N–H and O–H groups in total. The van der Waals surface area contributed by atoms with E-state index in [0.29, 0.717) is 0 Å². The van der Waals surface area contributed by atoms with Gasteiger partial charge < -0.3 is 55.4 Å². The van der Waals surface area contributed by atoms with E-state index in [1.807, 2.05) is 0 Å². The van der Waals surface area contributed by atoms with Gasteiger partial charge in [-0.05, 0) is 0 Å². The lowest BCUT2D eigenvalue weighted by molar-refractivity contribution is -0.331. The third-order valence-electron chi connectivity index (χ3n) is 3.38. The van der Waals surface area contributed by atoms with E-state index in [0.717, 1.165) is 0 Å². The topological polar surface area (TPSA) is 201 Å². The summed E-state index contributed by atoms with van der Waals surface area (Å²) in [5.41, 5.74) is 0. The molecule has 0 amide bonds. The first kappa shape index (κ1) is 19.6. The number of ether oxygens (including phenoxy) is 2. The van der Waals surface area contributed by atoms with E-state index in [1.165, 1.54) is 0 Å². The minimum Gasteiger partial charge on any atom is -0.391 e. The zero-order valence-electron chi connectivity index (χ0n) is 11.5. The molecule has 0 bridgehead atoms. The Hall–Kier alpha value is -0.440. The van der Waals surface area contributed by atoms with Gasteiger partial charge in [0.15, 0.2) is 6.29 Å². The fraction of sp³-hybridized carbons (Fsp3) is 1.00. The zero-order chi connectivity index (χ0) is 17.1. The van der Waals surface area contributed by atoms with Crippen LogP contribution in [0.3, 0.4) is 0 Å². The summed E-state index contributed by atoms with van der Waals surface area (Å²) in [7, 11) is 0. The standard InChI is InChI=1S/C6H12O6.C5H10O5/c7-2-6(11)5(10)4(9)3(8)1-12-6;6-2-1-10-5(9)4(8)3(2)7/h3-5,7-11H,1-2H2;2-9H,1H2/t3-,4-,5+,6+;2-,3+,4-,5?/m11/s1. The van der Waals surface area contributed by atoms with Gasteiger partial charge in [-0.25, -0.2) is 0 Å². The SMILES string of the molecule is OC1OC[C@@H](O)[C@H](O)[C@H]1O.OC[C@]1(O)OC[C@@H](O)[C@@H](O)[C@@H]1O. The van der Waals surface area contributed by atoms with Crippen LogP contribution in [-0.4, -0.2) is 114 Å². The third-order valence-corrected chi connectivity index (χ3v) is 3.38. The number of rotatable bonds is 1. The molecule has 0 aromatic carbocycles. The first-order chi connectivity index (χ1) is 10.1. The van der Waals surface area contributed by atoms with Gasteiger partial charge in [-0.15, -0.1) is 0 Å². The third kappa shape index (κ3) is 4.31. The number of hydrogen-bond donors (Lipinski definition) is 9. The predicted octanol–water partition coefficient (Wildman–Crippen LogP) is -5.80. The molecule has 11 nitrogen and oxygen atoms in total. The molecule has 0 aromatic rings. The van der Waals surface area contributed by atoms with Gasteiger partial charge in [-0.2, -0.15) is 0 Å². The molecule has 0 aromatic heterocycles. The van der Waals surface area contributed by atoms with Gasteiger partial charge >= 0.3 is 0 Å². The Morgan fingerprint density at radius 1 is 0.818 bits per heavy atom. The molecule has 2 fully saturated rings. The van der Waals surface area contributed by atoms with Crippen molar-refractivity contribution in [2.45, 2.75) is 48.7 Å². The summed E-state index contributed by atoms with van der Waals surface area (Å²) in [6.07, 6.45) is -9.68. The van der Waals surface area contributed by atoms with Gasteiger partial charge in [0.1, 0.15) is 36.6 Å². The Labute approximate surface area is 125 Å². The van der Waals surface area contributed by atoms with Crippen molar-refractivity contribution in [2.24, 2.45) is 0 Å². The maximum absolute atomic E-state index is 9.24. The Kier molecular flexibility index (Phi) is 7.04. The molecule has 2 heterocycles. The highest BCUT2D eigenvalue weighted by Crippen LogP contribution is 2.22. The van der Waals surface area contributed by atoms with Crippen LogP contribution >= 0.6 is 0 Å². The molecule has 0 saturated carbocycles. The minimum atomic E-state index is -2.17. The molecule has 8 atom stereocenters. The molecule has 2 aliphatic rings. The van der Waals surface area contributed by atoms with E-state index in [9.17, 15) is 5.11 Å². The van der Waals surface area contributed by atoms with Crippen molar-refractivity contribution in [3.8, 4) is 0 Å². The number of aliphatic hydroxyl groups excluding tert-OH is 8. The second-order valence-corrected chi connectivity index (χ2v) is 5.09. The van der Waals surface area contributed by atoms with Crippen molar-refractivity contribution in [1.29, 1.82) is 0 Å². The lowest BCUT2D eigenvalue weighted by Crippen LogP contribution is -2.62. The highest BCUT2D eigenvalue weighted by atomic mass is 16.7. The Morgan fingerprint density at radius 2 is 1.36 bits per heavy atom. The lowest BCUT2D eigenvalue weighted by atomic mass is 9.98. The van der Waals surface area contributed by atoms with Crippen molar-refractivity contribution in [3.05, 3.63) is 0 Å².